The zero-order chi connectivity index (χ0) is 21.3. The Balaban J connectivity index is 1.39. The van der Waals surface area contributed by atoms with Crippen LogP contribution in [-0.2, 0) is 12.8 Å². The fourth-order valence-corrected chi connectivity index (χ4v) is 6.39. The summed E-state index contributed by atoms with van der Waals surface area (Å²) in [5, 5.41) is 5.02. The predicted octanol–water partition coefficient (Wildman–Crippen LogP) is 5.49. The lowest BCUT2D eigenvalue weighted by Gasteiger charge is -2.28. The molecule has 1 atom stereocenters. The maximum absolute atomic E-state index is 5.04. The molecule has 1 aromatic carbocycles. The van der Waals surface area contributed by atoms with E-state index in [2.05, 4.69) is 45.5 Å². The molecule has 4 heterocycles. The van der Waals surface area contributed by atoms with Crippen LogP contribution in [0.15, 0.2) is 54.9 Å². The first-order valence-corrected chi connectivity index (χ1v) is 12.4. The minimum absolute atomic E-state index is 0.345. The largest absolute Gasteiger partial charge is 0.367 e. The highest BCUT2D eigenvalue weighted by molar-refractivity contribution is 7.19. The van der Waals surface area contributed by atoms with Gasteiger partial charge in [0.2, 0.25) is 0 Å². The van der Waals surface area contributed by atoms with Gasteiger partial charge in [-0.3, -0.25) is 9.88 Å². The van der Waals surface area contributed by atoms with E-state index in [9.17, 15) is 0 Å². The molecule has 6 rings (SSSR count). The van der Waals surface area contributed by atoms with Crippen molar-refractivity contribution < 1.29 is 0 Å². The van der Waals surface area contributed by atoms with Crippen LogP contribution in [-0.4, -0.2) is 39.5 Å². The summed E-state index contributed by atoms with van der Waals surface area (Å²) in [6.07, 6.45) is 9.74. The fourth-order valence-electron chi connectivity index (χ4n) is 5.13. The molecule has 0 amide bonds. The summed E-state index contributed by atoms with van der Waals surface area (Å²) in [4.78, 5) is 19.5. The third-order valence-electron chi connectivity index (χ3n) is 6.71. The molecule has 0 spiro atoms. The van der Waals surface area contributed by atoms with Crippen molar-refractivity contribution in [2.45, 2.75) is 38.1 Å². The number of pyridine rings is 1. The van der Waals surface area contributed by atoms with Gasteiger partial charge in [0.25, 0.3) is 0 Å². The number of nitrogens with zero attached hydrogens (tertiary/aromatic N) is 4. The Morgan fingerprint density at radius 2 is 1.84 bits per heavy atom. The molecule has 5 nitrogen and oxygen atoms in total. The SMILES string of the molecule is c1ccc(C(CNc2nc(-c3cccnc3)nc3sc4c(c23)CCC4)N2CCCC2)cc1. The van der Waals surface area contributed by atoms with Crippen LogP contribution in [0.4, 0.5) is 5.82 Å². The molecule has 1 unspecified atom stereocenters. The Labute approximate surface area is 192 Å². The van der Waals surface area contributed by atoms with E-state index in [0.29, 0.717) is 6.04 Å². The highest BCUT2D eigenvalue weighted by Gasteiger charge is 2.26. The Kier molecular flexibility index (Phi) is 5.33. The Morgan fingerprint density at radius 1 is 0.969 bits per heavy atom. The number of likely N-dealkylation sites (tertiary alicyclic amines) is 1. The van der Waals surface area contributed by atoms with Crippen LogP contribution >= 0.6 is 11.3 Å². The van der Waals surface area contributed by atoms with E-state index in [-0.39, 0.29) is 0 Å². The average Bonchev–Trinajstić information content (AvgIpc) is 3.58. The summed E-state index contributed by atoms with van der Waals surface area (Å²) in [5.41, 5.74) is 3.79. The van der Waals surface area contributed by atoms with Crippen LogP contribution in [0, 0.1) is 0 Å². The molecule has 2 aliphatic rings. The van der Waals surface area contributed by atoms with Gasteiger partial charge in [0, 0.05) is 29.4 Å². The van der Waals surface area contributed by atoms with Crippen molar-refractivity contribution in [1.82, 2.24) is 19.9 Å². The van der Waals surface area contributed by atoms with Crippen molar-refractivity contribution in [3.63, 3.8) is 0 Å². The number of hydrogen-bond acceptors (Lipinski definition) is 6. The van der Waals surface area contributed by atoms with Crippen LogP contribution in [0.1, 0.15) is 41.3 Å². The van der Waals surface area contributed by atoms with E-state index in [1.807, 2.05) is 29.7 Å². The average molecular weight is 442 g/mol. The molecule has 1 N–H and O–H groups in total. The van der Waals surface area contributed by atoms with Gasteiger partial charge < -0.3 is 5.32 Å². The number of benzene rings is 1. The number of thiophene rings is 1. The van der Waals surface area contributed by atoms with Crippen molar-refractivity contribution in [3.8, 4) is 11.4 Å². The second kappa shape index (κ2) is 8.60. The van der Waals surface area contributed by atoms with Crippen LogP contribution in [0.25, 0.3) is 21.6 Å². The molecule has 0 saturated carbocycles. The van der Waals surface area contributed by atoms with E-state index in [0.717, 1.165) is 48.1 Å². The summed E-state index contributed by atoms with van der Waals surface area (Å²) < 4.78 is 0. The number of fused-ring (bicyclic) bond motifs is 3. The van der Waals surface area contributed by atoms with Crippen LogP contribution in [0.5, 0.6) is 0 Å². The number of rotatable bonds is 6. The van der Waals surface area contributed by atoms with Gasteiger partial charge in [-0.25, -0.2) is 9.97 Å². The van der Waals surface area contributed by atoms with E-state index in [1.165, 1.54) is 47.1 Å². The zero-order valence-electron chi connectivity index (χ0n) is 18.1. The summed E-state index contributed by atoms with van der Waals surface area (Å²) in [6.45, 7) is 3.16. The van der Waals surface area contributed by atoms with E-state index >= 15 is 0 Å². The molecule has 0 radical (unpaired) electrons. The maximum Gasteiger partial charge on any atom is 0.164 e. The van der Waals surface area contributed by atoms with Gasteiger partial charge in [-0.2, -0.15) is 0 Å². The first kappa shape index (κ1) is 19.8. The number of nitrogens with one attached hydrogen (secondary N) is 1. The molecule has 0 bridgehead atoms. The topological polar surface area (TPSA) is 53.9 Å². The minimum Gasteiger partial charge on any atom is -0.367 e. The minimum atomic E-state index is 0.345. The molecule has 1 aliphatic carbocycles. The maximum atomic E-state index is 5.04. The van der Waals surface area contributed by atoms with Gasteiger partial charge in [-0.05, 0) is 68.5 Å². The summed E-state index contributed by atoms with van der Waals surface area (Å²) in [7, 11) is 0. The number of anilines is 1. The highest BCUT2D eigenvalue weighted by Crippen LogP contribution is 2.40. The summed E-state index contributed by atoms with van der Waals surface area (Å²) >= 11 is 1.84. The summed E-state index contributed by atoms with van der Waals surface area (Å²) in [6, 6.07) is 15.2. The molecular formula is C26H27N5S. The van der Waals surface area contributed by atoms with Crippen LogP contribution in [0.2, 0.25) is 0 Å². The monoisotopic (exact) mass is 441 g/mol. The van der Waals surface area contributed by atoms with Crippen molar-refractivity contribution in [2.75, 3.05) is 25.0 Å². The zero-order valence-corrected chi connectivity index (χ0v) is 18.9. The second-order valence-corrected chi connectivity index (χ2v) is 9.81. The number of aromatic nitrogens is 3. The van der Waals surface area contributed by atoms with Crippen LogP contribution in [0.3, 0.4) is 0 Å². The van der Waals surface area contributed by atoms with Gasteiger partial charge in [-0.15, -0.1) is 11.3 Å². The van der Waals surface area contributed by atoms with E-state index < -0.39 is 0 Å². The smallest absolute Gasteiger partial charge is 0.164 e. The van der Waals surface area contributed by atoms with Crippen LogP contribution < -0.4 is 5.32 Å². The lowest BCUT2D eigenvalue weighted by molar-refractivity contribution is 0.256. The Hall–Kier alpha value is -2.83. The molecule has 1 aliphatic heterocycles. The highest BCUT2D eigenvalue weighted by atomic mass is 32.1. The first-order chi connectivity index (χ1) is 15.9. The van der Waals surface area contributed by atoms with E-state index in [4.69, 9.17) is 9.97 Å². The number of hydrogen-bond donors (Lipinski definition) is 1. The molecule has 1 saturated heterocycles. The first-order valence-electron chi connectivity index (χ1n) is 11.6. The molecule has 4 aromatic rings. The Morgan fingerprint density at radius 3 is 2.66 bits per heavy atom. The van der Waals surface area contributed by atoms with Gasteiger partial charge in [0.05, 0.1) is 11.4 Å². The van der Waals surface area contributed by atoms with Gasteiger partial charge in [-0.1, -0.05) is 30.3 Å². The second-order valence-electron chi connectivity index (χ2n) is 8.73. The van der Waals surface area contributed by atoms with Crippen molar-refractivity contribution in [3.05, 3.63) is 70.9 Å². The fraction of sp³-hybridized carbons (Fsp3) is 0.346. The Bertz CT molecular complexity index is 1220. The lowest BCUT2D eigenvalue weighted by atomic mass is 10.1. The normalized spacial score (nSPS) is 17.0. The van der Waals surface area contributed by atoms with Gasteiger partial charge >= 0.3 is 0 Å². The van der Waals surface area contributed by atoms with Crippen molar-refractivity contribution in [2.24, 2.45) is 0 Å². The number of aryl methyl sites for hydroxylation is 2. The third kappa shape index (κ3) is 3.67. The standard InChI is InChI=1S/C26H27N5S/c1-2-8-18(9-3-1)21(31-14-4-5-15-31)17-28-25-23-20-11-6-12-22(20)32-26(23)30-24(29-25)19-10-7-13-27-16-19/h1-3,7-10,13,16,21H,4-6,11-12,14-15,17H2,(H,28,29,30). The van der Waals surface area contributed by atoms with Crippen molar-refractivity contribution >= 4 is 27.4 Å². The van der Waals surface area contributed by atoms with E-state index in [1.54, 1.807) is 6.20 Å². The summed E-state index contributed by atoms with van der Waals surface area (Å²) in [5.74, 6) is 1.74. The quantitative estimate of drug-likeness (QED) is 0.429. The van der Waals surface area contributed by atoms with Gasteiger partial charge in [0.1, 0.15) is 10.6 Å². The molecule has 162 valence electrons. The lowest BCUT2D eigenvalue weighted by Crippen LogP contribution is -2.31. The molecule has 3 aromatic heterocycles. The molecule has 1 fully saturated rings. The molecular weight excluding hydrogens is 414 g/mol. The van der Waals surface area contributed by atoms with Gasteiger partial charge in [0.15, 0.2) is 5.82 Å². The predicted molar refractivity (Wildman–Crippen MR) is 131 cm³/mol. The third-order valence-corrected chi connectivity index (χ3v) is 7.90. The van der Waals surface area contributed by atoms with Crippen molar-refractivity contribution in [1.29, 1.82) is 0 Å². The molecule has 6 heteroatoms. The molecule has 32 heavy (non-hydrogen) atoms.